The molecule has 0 aliphatic heterocycles. The highest BCUT2D eigenvalue weighted by molar-refractivity contribution is 7.86. The van der Waals surface area contributed by atoms with E-state index < -0.39 is 10.1 Å². The lowest BCUT2D eigenvalue weighted by Crippen LogP contribution is -2.33. The highest BCUT2D eigenvalue weighted by Crippen LogP contribution is 2.41. The van der Waals surface area contributed by atoms with Gasteiger partial charge in [0, 0.05) is 0 Å². The van der Waals surface area contributed by atoms with Crippen molar-refractivity contribution in [3.8, 4) is 0 Å². The van der Waals surface area contributed by atoms with Gasteiger partial charge in [-0.25, -0.2) is 4.48 Å². The molecule has 0 N–H and O–H groups in total. The van der Waals surface area contributed by atoms with Crippen molar-refractivity contribution in [2.45, 2.75) is 76.0 Å². The lowest BCUT2D eigenvalue weighted by Gasteiger charge is -2.33. The lowest BCUT2D eigenvalue weighted by atomic mass is 10.1. The predicted octanol–water partition coefficient (Wildman–Crippen LogP) is 10.6. The van der Waals surface area contributed by atoms with E-state index >= 15 is 0 Å². The van der Waals surface area contributed by atoms with Gasteiger partial charge in [0.1, 0.15) is 17.1 Å². The van der Waals surface area contributed by atoms with Crippen molar-refractivity contribution in [2.24, 2.45) is 0 Å². The van der Waals surface area contributed by atoms with Crippen LogP contribution >= 0.6 is 0 Å². The third kappa shape index (κ3) is 10.5. The first-order chi connectivity index (χ1) is 20.5. The van der Waals surface area contributed by atoms with Crippen molar-refractivity contribution in [3.63, 3.8) is 0 Å². The van der Waals surface area contributed by atoms with Crippen LogP contribution in [0.15, 0.2) is 126 Å². The van der Waals surface area contributed by atoms with Crippen LogP contribution in [0.4, 0.5) is 17.1 Å². The van der Waals surface area contributed by atoms with Gasteiger partial charge in [-0.05, 0) is 55.0 Å². The first-order valence-electron chi connectivity index (χ1n) is 15.5. The summed E-state index contributed by atoms with van der Waals surface area (Å²) in [4.78, 5) is 0.238. The molecule has 0 fully saturated rings. The van der Waals surface area contributed by atoms with Crippen LogP contribution in [0, 0.1) is 0 Å². The van der Waals surface area contributed by atoms with E-state index in [9.17, 15) is 8.42 Å². The average molecular weight is 587 g/mol. The molecule has 0 atom stereocenters. The maximum absolute atomic E-state index is 11.9. The molecule has 0 aromatic heterocycles. The zero-order valence-corrected chi connectivity index (χ0v) is 26.2. The number of para-hydroxylation sites is 3. The minimum Gasteiger partial charge on any atom is -0.266 e. The van der Waals surface area contributed by atoms with Crippen LogP contribution in [0.25, 0.3) is 0 Å². The quantitative estimate of drug-likeness (QED) is 0.0745. The van der Waals surface area contributed by atoms with Crippen molar-refractivity contribution in [1.82, 2.24) is 4.48 Å². The Morgan fingerprint density at radius 2 is 0.833 bits per heavy atom. The van der Waals surface area contributed by atoms with E-state index in [-0.39, 0.29) is 11.5 Å². The molecule has 4 aromatic carbocycles. The Balaban J connectivity index is 0.000000231. The summed E-state index contributed by atoms with van der Waals surface area (Å²) in [6, 6.07) is 40.2. The molecular weight excluding hydrogens is 538 g/mol. The molecule has 4 rings (SSSR count). The number of quaternary nitrogens is 1. The Hall–Kier alpha value is -3.25. The zero-order chi connectivity index (χ0) is 29.9. The number of nitrogens with zero attached hydrogens (tertiary/aromatic N) is 1. The van der Waals surface area contributed by atoms with Gasteiger partial charge in [0.25, 0.3) is 10.1 Å². The molecule has 4 aromatic rings. The molecule has 0 amide bonds. The first kappa shape index (κ1) is 33.3. The van der Waals surface area contributed by atoms with Crippen molar-refractivity contribution in [3.05, 3.63) is 121 Å². The summed E-state index contributed by atoms with van der Waals surface area (Å²) in [6.07, 6.45) is 12.3. The van der Waals surface area contributed by atoms with E-state index in [1.807, 2.05) is 0 Å². The summed E-state index contributed by atoms with van der Waals surface area (Å²) in [5, 5.41) is 0. The fourth-order valence-electron chi connectivity index (χ4n) is 5.04. The molecule has 4 nitrogen and oxygen atoms in total. The predicted molar refractivity (Wildman–Crippen MR) is 178 cm³/mol. The number of rotatable bonds is 16. The number of benzene rings is 4. The summed E-state index contributed by atoms with van der Waals surface area (Å²) in [5.41, 5.74) is 3.76. The Labute approximate surface area is 254 Å². The van der Waals surface area contributed by atoms with Gasteiger partial charge in [-0.2, -0.15) is 8.42 Å². The van der Waals surface area contributed by atoms with Crippen LogP contribution in [-0.4, -0.2) is 22.1 Å². The average Bonchev–Trinajstić information content (AvgIpc) is 3.05. The maximum atomic E-state index is 11.9. The van der Waals surface area contributed by atoms with Crippen molar-refractivity contribution in [1.29, 1.82) is 0 Å². The molecule has 0 heterocycles. The van der Waals surface area contributed by atoms with Gasteiger partial charge in [0.15, 0.2) is 0 Å². The Morgan fingerprint density at radius 1 is 0.500 bits per heavy atom. The van der Waals surface area contributed by atoms with Crippen LogP contribution in [-0.2, 0) is 14.3 Å². The third-order valence-electron chi connectivity index (χ3n) is 7.59. The molecule has 0 spiro atoms. The standard InChI is InChI=1S/C19H18N.C18H30O3S/c1-20(17-11-5-2-6-12-17,18-13-7-3-8-14-18)19-15-9-4-10-16-19;1-2-3-4-5-6-7-8-9-10-14-17-21-22(19,20)18-15-12-11-13-16-18/h2-16H,1H3;11-13,15-16H,2-10,14,17H2,1H3/q+1;. The largest absolute Gasteiger partial charge is 0.296 e. The zero-order valence-electron chi connectivity index (χ0n) is 25.4. The molecule has 0 unspecified atom stereocenters. The molecule has 0 radical (unpaired) electrons. The Bertz CT molecular complexity index is 1250. The smallest absolute Gasteiger partial charge is 0.266 e. The second kappa shape index (κ2) is 18.3. The second-order valence-electron chi connectivity index (χ2n) is 10.8. The molecule has 224 valence electrons. The molecule has 42 heavy (non-hydrogen) atoms. The van der Waals surface area contributed by atoms with Gasteiger partial charge in [-0.15, -0.1) is 0 Å². The molecule has 0 saturated heterocycles. The second-order valence-corrected chi connectivity index (χ2v) is 12.4. The van der Waals surface area contributed by atoms with Gasteiger partial charge in [0.05, 0.1) is 18.6 Å². The SMILES string of the molecule is CCCCCCCCCCCCOS(=O)(=O)c1ccccc1.C[N+](c1ccccc1)(c1ccccc1)c1ccccc1. The molecular formula is C37H48NO3S+. The van der Waals surface area contributed by atoms with E-state index in [0.717, 1.165) is 12.8 Å². The fourth-order valence-corrected chi connectivity index (χ4v) is 6.00. The van der Waals surface area contributed by atoms with Gasteiger partial charge in [-0.1, -0.05) is 138 Å². The van der Waals surface area contributed by atoms with Crippen molar-refractivity contribution < 1.29 is 12.6 Å². The van der Waals surface area contributed by atoms with E-state index in [0.29, 0.717) is 4.48 Å². The molecule has 0 saturated carbocycles. The molecule has 0 aliphatic rings. The number of hydrogen-bond acceptors (Lipinski definition) is 3. The summed E-state index contributed by atoms with van der Waals surface area (Å²) in [6.45, 7) is 2.52. The van der Waals surface area contributed by atoms with Crippen LogP contribution in [0.1, 0.15) is 71.1 Å². The van der Waals surface area contributed by atoms with Crippen molar-refractivity contribution >= 4 is 27.2 Å². The van der Waals surface area contributed by atoms with Gasteiger partial charge >= 0.3 is 0 Å². The normalized spacial score (nSPS) is 11.5. The lowest BCUT2D eigenvalue weighted by molar-refractivity contribution is 0.306. The molecule has 5 heteroatoms. The molecule has 0 aliphatic carbocycles. The van der Waals surface area contributed by atoms with Gasteiger partial charge in [0.2, 0.25) is 0 Å². The first-order valence-corrected chi connectivity index (χ1v) is 16.9. The summed E-state index contributed by atoms with van der Waals surface area (Å²) < 4.78 is 29.5. The number of unbranched alkanes of at least 4 members (excludes halogenated alkanes) is 9. The van der Waals surface area contributed by atoms with Crippen LogP contribution in [0.2, 0.25) is 0 Å². The maximum Gasteiger partial charge on any atom is 0.296 e. The van der Waals surface area contributed by atoms with Gasteiger partial charge < -0.3 is 0 Å². The summed E-state index contributed by atoms with van der Waals surface area (Å²) >= 11 is 0. The fraction of sp³-hybridized carbons (Fsp3) is 0.351. The van der Waals surface area contributed by atoms with Crippen LogP contribution in [0.5, 0.6) is 0 Å². The minimum atomic E-state index is -3.57. The minimum absolute atomic E-state index is 0.238. The molecule has 0 bridgehead atoms. The summed E-state index contributed by atoms with van der Waals surface area (Å²) in [7, 11) is -1.33. The highest BCUT2D eigenvalue weighted by atomic mass is 32.2. The number of hydrogen-bond donors (Lipinski definition) is 0. The van der Waals surface area contributed by atoms with Crippen molar-refractivity contribution in [2.75, 3.05) is 13.7 Å². The Morgan fingerprint density at radius 3 is 1.21 bits per heavy atom. The van der Waals surface area contributed by atoms with E-state index in [2.05, 4.69) is 105 Å². The van der Waals surface area contributed by atoms with E-state index in [1.165, 1.54) is 68.4 Å². The van der Waals surface area contributed by atoms with Crippen LogP contribution in [0.3, 0.4) is 0 Å². The Kier molecular flexibility index (Phi) is 14.5. The van der Waals surface area contributed by atoms with E-state index in [1.54, 1.807) is 30.3 Å². The van der Waals surface area contributed by atoms with Crippen LogP contribution < -0.4 is 4.48 Å². The van der Waals surface area contributed by atoms with E-state index in [4.69, 9.17) is 4.18 Å². The topological polar surface area (TPSA) is 43.4 Å². The monoisotopic (exact) mass is 586 g/mol. The van der Waals surface area contributed by atoms with Gasteiger partial charge in [-0.3, -0.25) is 4.18 Å². The highest BCUT2D eigenvalue weighted by Gasteiger charge is 2.30. The summed E-state index contributed by atoms with van der Waals surface area (Å²) in [5.74, 6) is 0. The third-order valence-corrected chi connectivity index (χ3v) is 8.91.